The molecule has 0 aliphatic heterocycles. The van der Waals surface area contributed by atoms with Crippen molar-refractivity contribution >= 4 is 11.6 Å². The van der Waals surface area contributed by atoms with Gasteiger partial charge in [-0.2, -0.15) is 0 Å². The number of hydrogen-bond donors (Lipinski definition) is 1. The van der Waals surface area contributed by atoms with Crippen LogP contribution in [0.2, 0.25) is 0 Å². The Morgan fingerprint density at radius 1 is 1.52 bits per heavy atom. The monoisotopic (exact) mass is 317 g/mol. The van der Waals surface area contributed by atoms with Crippen LogP contribution in [-0.4, -0.2) is 28.2 Å². The molecule has 2 aromatic rings. The lowest BCUT2D eigenvalue weighted by Crippen LogP contribution is -2.28. The summed E-state index contributed by atoms with van der Waals surface area (Å²) in [6, 6.07) is 4.60. The summed E-state index contributed by atoms with van der Waals surface area (Å²) in [5.41, 5.74) is 0.812. The third-order valence-corrected chi connectivity index (χ3v) is 3.95. The molecule has 6 heteroatoms. The molecule has 1 aliphatic rings. The predicted molar refractivity (Wildman–Crippen MR) is 85.0 cm³/mol. The minimum Gasteiger partial charge on any atom is -0.368 e. The zero-order chi connectivity index (χ0) is 16.4. The molecule has 1 saturated carbocycles. The van der Waals surface area contributed by atoms with Gasteiger partial charge in [0.25, 0.3) is 5.91 Å². The highest BCUT2D eigenvalue weighted by atomic mass is 19.1. The number of hydrogen-bond acceptors (Lipinski definition) is 3. The van der Waals surface area contributed by atoms with Crippen molar-refractivity contribution in [2.45, 2.75) is 32.8 Å². The first kappa shape index (κ1) is 15.7. The Morgan fingerprint density at radius 2 is 2.30 bits per heavy atom. The number of nitrogens with one attached hydrogen (secondary N) is 1. The highest BCUT2D eigenvalue weighted by Crippen LogP contribution is 2.29. The number of anilines is 1. The number of benzene rings is 1. The van der Waals surface area contributed by atoms with Crippen LogP contribution >= 0.6 is 0 Å². The van der Waals surface area contributed by atoms with Crippen LogP contribution in [-0.2, 0) is 9.53 Å². The lowest BCUT2D eigenvalue weighted by Gasteiger charge is -2.14. The van der Waals surface area contributed by atoms with E-state index in [9.17, 15) is 9.18 Å². The third kappa shape index (κ3) is 3.76. The van der Waals surface area contributed by atoms with E-state index in [-0.39, 0.29) is 5.91 Å². The molecule has 1 aromatic carbocycles. The van der Waals surface area contributed by atoms with Crippen LogP contribution in [0.15, 0.2) is 30.6 Å². The Kier molecular flexibility index (Phi) is 4.43. The first-order valence-corrected chi connectivity index (χ1v) is 7.77. The summed E-state index contributed by atoms with van der Waals surface area (Å²) < 4.78 is 21.4. The van der Waals surface area contributed by atoms with Gasteiger partial charge >= 0.3 is 0 Å². The molecule has 0 saturated heterocycles. The number of aromatic nitrogens is 2. The average Bonchev–Trinajstić information content (AvgIpc) is 3.26. The van der Waals surface area contributed by atoms with E-state index in [0.717, 1.165) is 0 Å². The summed E-state index contributed by atoms with van der Waals surface area (Å²) in [6.07, 6.45) is 5.11. The van der Waals surface area contributed by atoms with E-state index in [1.54, 1.807) is 42.9 Å². The number of halogens is 1. The minimum absolute atomic E-state index is 0.267. The van der Waals surface area contributed by atoms with Crippen LogP contribution in [0.25, 0.3) is 5.69 Å². The van der Waals surface area contributed by atoms with E-state index in [4.69, 9.17) is 4.74 Å². The molecule has 1 heterocycles. The fraction of sp³-hybridized carbons (Fsp3) is 0.412. The van der Waals surface area contributed by atoms with Gasteiger partial charge in [-0.1, -0.05) is 0 Å². The predicted octanol–water partition coefficient (Wildman–Crippen LogP) is 3.07. The number of rotatable bonds is 6. The van der Waals surface area contributed by atoms with Gasteiger partial charge in [-0.3, -0.25) is 4.79 Å². The van der Waals surface area contributed by atoms with E-state index >= 15 is 0 Å². The minimum atomic E-state index is -0.547. The van der Waals surface area contributed by atoms with Gasteiger partial charge in [-0.25, -0.2) is 9.37 Å². The van der Waals surface area contributed by atoms with Crippen molar-refractivity contribution < 1.29 is 13.9 Å². The molecule has 0 bridgehead atoms. The van der Waals surface area contributed by atoms with Crippen molar-refractivity contribution in [2.24, 2.45) is 5.92 Å². The molecule has 1 amide bonds. The summed E-state index contributed by atoms with van der Waals surface area (Å²) in [7, 11) is 0. The van der Waals surface area contributed by atoms with Crippen molar-refractivity contribution in [3.8, 4) is 5.69 Å². The van der Waals surface area contributed by atoms with E-state index in [1.807, 2.05) is 0 Å². The highest BCUT2D eigenvalue weighted by Gasteiger charge is 2.24. The molecule has 0 unspecified atom stereocenters. The maximum atomic E-state index is 14.3. The normalized spacial score (nSPS) is 15.4. The molecule has 3 rings (SSSR count). The topological polar surface area (TPSA) is 56.2 Å². The van der Waals surface area contributed by atoms with Crippen LogP contribution < -0.4 is 5.32 Å². The van der Waals surface area contributed by atoms with Gasteiger partial charge in [-0.05, 0) is 50.8 Å². The van der Waals surface area contributed by atoms with Crippen LogP contribution in [0.3, 0.4) is 0 Å². The fourth-order valence-corrected chi connectivity index (χ4v) is 2.30. The van der Waals surface area contributed by atoms with Gasteiger partial charge < -0.3 is 14.6 Å². The van der Waals surface area contributed by atoms with Crippen LogP contribution in [0.5, 0.6) is 0 Å². The SMILES string of the molecule is Cc1nccn1-c1ccc(NC(=O)[C@H](C)OCC2CC2)cc1F. The van der Waals surface area contributed by atoms with E-state index in [1.165, 1.54) is 18.9 Å². The molecule has 122 valence electrons. The summed E-state index contributed by atoms with van der Waals surface area (Å²) >= 11 is 0. The molecule has 23 heavy (non-hydrogen) atoms. The first-order valence-electron chi connectivity index (χ1n) is 7.77. The molecule has 1 aromatic heterocycles. The summed E-state index contributed by atoms with van der Waals surface area (Å²) in [4.78, 5) is 16.1. The molecular weight excluding hydrogens is 297 g/mol. The smallest absolute Gasteiger partial charge is 0.253 e. The largest absolute Gasteiger partial charge is 0.368 e. The molecule has 1 fully saturated rings. The van der Waals surface area contributed by atoms with E-state index in [0.29, 0.717) is 29.7 Å². The quantitative estimate of drug-likeness (QED) is 0.891. The summed E-state index contributed by atoms with van der Waals surface area (Å²) in [5.74, 6) is 0.607. The highest BCUT2D eigenvalue weighted by molar-refractivity contribution is 5.94. The molecule has 5 nitrogen and oxygen atoms in total. The van der Waals surface area contributed by atoms with Gasteiger partial charge in [0.05, 0.1) is 12.3 Å². The second-order valence-electron chi connectivity index (χ2n) is 5.92. The van der Waals surface area contributed by atoms with Gasteiger partial charge in [0.1, 0.15) is 17.7 Å². The average molecular weight is 317 g/mol. The fourth-order valence-electron chi connectivity index (χ4n) is 2.30. The number of amides is 1. The van der Waals surface area contributed by atoms with Crippen LogP contribution in [0, 0.1) is 18.7 Å². The second-order valence-corrected chi connectivity index (χ2v) is 5.92. The summed E-state index contributed by atoms with van der Waals surface area (Å²) in [6.45, 7) is 4.12. The first-order chi connectivity index (χ1) is 11.0. The number of ether oxygens (including phenoxy) is 1. The van der Waals surface area contributed by atoms with Crippen molar-refractivity contribution in [2.75, 3.05) is 11.9 Å². The van der Waals surface area contributed by atoms with Crippen molar-refractivity contribution in [1.29, 1.82) is 0 Å². The molecule has 1 atom stereocenters. The molecule has 1 aliphatic carbocycles. The number of aryl methyl sites for hydroxylation is 1. The lowest BCUT2D eigenvalue weighted by molar-refractivity contribution is -0.126. The van der Waals surface area contributed by atoms with E-state index < -0.39 is 11.9 Å². The number of imidazole rings is 1. The van der Waals surface area contributed by atoms with Crippen LogP contribution in [0.1, 0.15) is 25.6 Å². The third-order valence-electron chi connectivity index (χ3n) is 3.95. The Morgan fingerprint density at radius 3 is 2.91 bits per heavy atom. The molecule has 0 spiro atoms. The van der Waals surface area contributed by atoms with Crippen molar-refractivity contribution in [3.05, 3.63) is 42.2 Å². The Bertz CT molecular complexity index is 710. The zero-order valence-electron chi connectivity index (χ0n) is 13.3. The van der Waals surface area contributed by atoms with Crippen LogP contribution in [0.4, 0.5) is 10.1 Å². The standard InChI is InChI=1S/C17H20FN3O2/c1-11(23-10-13-3-4-13)17(22)20-14-5-6-16(15(18)9-14)21-8-7-19-12(21)2/h5-9,11,13H,3-4,10H2,1-2H3,(H,20,22)/t11-/m0/s1. The number of carbonyl (C=O) groups excluding carboxylic acids is 1. The summed E-state index contributed by atoms with van der Waals surface area (Å²) in [5, 5.41) is 2.68. The molecular formula is C17H20FN3O2. The maximum Gasteiger partial charge on any atom is 0.253 e. The maximum absolute atomic E-state index is 14.3. The van der Waals surface area contributed by atoms with E-state index in [2.05, 4.69) is 10.3 Å². The Balaban J connectivity index is 1.65. The Hall–Kier alpha value is -2.21. The lowest BCUT2D eigenvalue weighted by atomic mass is 10.2. The van der Waals surface area contributed by atoms with Crippen molar-refractivity contribution in [1.82, 2.24) is 9.55 Å². The molecule has 0 radical (unpaired) electrons. The molecule has 1 N–H and O–H groups in total. The van der Waals surface area contributed by atoms with Gasteiger partial charge in [-0.15, -0.1) is 0 Å². The second kappa shape index (κ2) is 6.50. The Labute approximate surface area is 134 Å². The van der Waals surface area contributed by atoms with Crippen molar-refractivity contribution in [3.63, 3.8) is 0 Å². The number of carbonyl (C=O) groups is 1. The van der Waals surface area contributed by atoms with Gasteiger partial charge in [0.2, 0.25) is 0 Å². The van der Waals surface area contributed by atoms with Gasteiger partial charge in [0, 0.05) is 18.1 Å². The van der Waals surface area contributed by atoms with Gasteiger partial charge in [0.15, 0.2) is 0 Å². The zero-order valence-corrected chi connectivity index (χ0v) is 13.3. The number of nitrogens with zero attached hydrogens (tertiary/aromatic N) is 2.